The van der Waals surface area contributed by atoms with Crippen LogP contribution in [0.1, 0.15) is 18.0 Å². The lowest BCUT2D eigenvalue weighted by Crippen LogP contribution is -2.53. The smallest absolute Gasteiger partial charge is 0.269 e. The highest BCUT2D eigenvalue weighted by Crippen LogP contribution is 2.39. The number of carbonyl (C=O) groups is 1. The number of carbonyl (C=O) groups excluding carboxylic acids is 1. The van der Waals surface area contributed by atoms with Gasteiger partial charge >= 0.3 is 0 Å². The maximum absolute atomic E-state index is 12.1. The van der Waals surface area contributed by atoms with Gasteiger partial charge < -0.3 is 0 Å². The topological polar surface area (TPSA) is 107 Å². The molecule has 0 aliphatic carbocycles. The van der Waals surface area contributed by atoms with Crippen LogP contribution in [0.25, 0.3) is 11.0 Å². The number of β-lactam (4-membered cyclic amide) rings is 1. The van der Waals surface area contributed by atoms with Crippen molar-refractivity contribution < 1.29 is 9.72 Å². The zero-order valence-electron chi connectivity index (χ0n) is 14.6. The summed E-state index contributed by atoms with van der Waals surface area (Å²) < 4.78 is 1.78. The van der Waals surface area contributed by atoms with Crippen molar-refractivity contribution in [2.45, 2.75) is 24.4 Å². The van der Waals surface area contributed by atoms with E-state index in [0.29, 0.717) is 18.5 Å². The van der Waals surface area contributed by atoms with E-state index < -0.39 is 16.3 Å². The van der Waals surface area contributed by atoms with Crippen molar-refractivity contribution in [2.75, 3.05) is 0 Å². The average Bonchev–Trinajstić information content (AvgIpc) is 3.13. The molecule has 0 spiro atoms. The highest BCUT2D eigenvalue weighted by atomic mass is 35.5. The van der Waals surface area contributed by atoms with Gasteiger partial charge in [-0.05, 0) is 29.8 Å². The fraction of sp³-hybridized carbons (Fsp3) is 0.222. The number of benzene rings is 2. The molecule has 2 heterocycles. The summed E-state index contributed by atoms with van der Waals surface area (Å²) >= 11 is 6.14. The summed E-state index contributed by atoms with van der Waals surface area (Å²) in [7, 11) is 0. The Labute approximate surface area is 164 Å². The maximum atomic E-state index is 12.1. The lowest BCUT2D eigenvalue weighted by molar-refractivity contribution is -0.384. The van der Waals surface area contributed by atoms with Crippen LogP contribution in [0.3, 0.4) is 0 Å². The fourth-order valence-electron chi connectivity index (χ4n) is 3.08. The summed E-state index contributed by atoms with van der Waals surface area (Å²) in [6, 6.07) is 13.2. The van der Waals surface area contributed by atoms with Gasteiger partial charge in [-0.1, -0.05) is 17.3 Å². The Kier molecular flexibility index (Phi) is 4.74. The third kappa shape index (κ3) is 3.20. The molecule has 1 saturated heterocycles. The minimum Gasteiger partial charge on any atom is -0.271 e. The number of amides is 1. The molecule has 1 amide bonds. The summed E-state index contributed by atoms with van der Waals surface area (Å²) in [6.45, 7) is 0.568. The fourth-order valence-corrected chi connectivity index (χ4v) is 3.43. The summed E-state index contributed by atoms with van der Waals surface area (Å²) in [6.07, 6.45) is 2.19. The van der Waals surface area contributed by atoms with E-state index in [0.717, 1.165) is 11.0 Å². The molecule has 1 aliphatic rings. The Hall–Kier alpha value is -3.33. The highest BCUT2D eigenvalue weighted by molar-refractivity contribution is 6.33. The van der Waals surface area contributed by atoms with Gasteiger partial charge in [0.15, 0.2) is 0 Å². The van der Waals surface area contributed by atoms with E-state index in [1.54, 1.807) is 23.0 Å². The van der Waals surface area contributed by atoms with E-state index in [4.69, 9.17) is 11.6 Å². The van der Waals surface area contributed by atoms with E-state index >= 15 is 0 Å². The molecule has 1 fully saturated rings. The van der Waals surface area contributed by atoms with Gasteiger partial charge in [-0.3, -0.25) is 14.9 Å². The van der Waals surface area contributed by atoms with E-state index in [-0.39, 0.29) is 11.6 Å². The molecule has 1 aromatic heterocycles. The van der Waals surface area contributed by atoms with E-state index in [1.807, 2.05) is 24.3 Å². The summed E-state index contributed by atoms with van der Waals surface area (Å²) in [4.78, 5) is 22.4. The second-order valence-corrected chi connectivity index (χ2v) is 6.74. The van der Waals surface area contributed by atoms with Crippen LogP contribution < -0.4 is 0 Å². The highest BCUT2D eigenvalue weighted by Gasteiger charge is 2.47. The Morgan fingerprint density at radius 2 is 1.96 bits per heavy atom. The van der Waals surface area contributed by atoms with Crippen molar-refractivity contribution >= 4 is 40.4 Å². The number of rotatable bonds is 6. The van der Waals surface area contributed by atoms with Crippen LogP contribution in [-0.4, -0.2) is 42.4 Å². The molecule has 3 aromatic rings. The number of non-ortho nitro benzene ring substituents is 1. The van der Waals surface area contributed by atoms with Crippen molar-refractivity contribution in [2.24, 2.45) is 5.10 Å². The first kappa shape index (κ1) is 18.1. The number of para-hydroxylation sites is 1. The largest absolute Gasteiger partial charge is 0.271 e. The standard InChI is InChI=1S/C18H15ClN6O3/c19-16-17(12-6-8-13(9-7-12)25(27)28)24(18(16)26)20-10-3-11-23-15-5-2-1-4-14(15)21-22-23/h1-2,4-10,16-17H,3,11H2/b20-10+. The third-order valence-electron chi connectivity index (χ3n) is 4.54. The van der Waals surface area contributed by atoms with Crippen LogP contribution in [0.2, 0.25) is 0 Å². The number of hydrogen-bond acceptors (Lipinski definition) is 6. The molecule has 0 bridgehead atoms. The van der Waals surface area contributed by atoms with Gasteiger partial charge in [0.05, 0.1) is 10.4 Å². The average molecular weight is 399 g/mol. The van der Waals surface area contributed by atoms with Crippen molar-refractivity contribution in [3.8, 4) is 0 Å². The van der Waals surface area contributed by atoms with Gasteiger partial charge in [0.25, 0.3) is 11.6 Å². The number of nitrogens with zero attached hydrogens (tertiary/aromatic N) is 6. The Bertz CT molecular complexity index is 1060. The molecule has 10 heteroatoms. The predicted octanol–water partition coefficient (Wildman–Crippen LogP) is 2.91. The molecule has 0 saturated carbocycles. The first-order valence-electron chi connectivity index (χ1n) is 8.58. The van der Waals surface area contributed by atoms with Crippen molar-refractivity contribution in [3.63, 3.8) is 0 Å². The van der Waals surface area contributed by atoms with Crippen molar-refractivity contribution in [1.82, 2.24) is 20.0 Å². The van der Waals surface area contributed by atoms with Crippen LogP contribution in [-0.2, 0) is 11.3 Å². The molecule has 4 rings (SSSR count). The lowest BCUT2D eigenvalue weighted by Gasteiger charge is -2.40. The second kappa shape index (κ2) is 7.35. The molecule has 1 aliphatic heterocycles. The van der Waals surface area contributed by atoms with Gasteiger partial charge in [0.2, 0.25) is 0 Å². The zero-order chi connectivity index (χ0) is 19.7. The summed E-state index contributed by atoms with van der Waals surface area (Å²) in [5, 5.41) is 23.8. The third-order valence-corrected chi connectivity index (χ3v) is 4.97. The minimum absolute atomic E-state index is 0.0179. The Balaban J connectivity index is 1.42. The van der Waals surface area contributed by atoms with Crippen molar-refractivity contribution in [1.29, 1.82) is 0 Å². The number of nitro benzene ring substituents is 1. The van der Waals surface area contributed by atoms with E-state index in [2.05, 4.69) is 15.4 Å². The number of aryl methyl sites for hydroxylation is 1. The zero-order valence-corrected chi connectivity index (χ0v) is 15.3. The van der Waals surface area contributed by atoms with Crippen LogP contribution in [0.5, 0.6) is 0 Å². The molecule has 9 nitrogen and oxygen atoms in total. The van der Waals surface area contributed by atoms with Crippen LogP contribution >= 0.6 is 11.6 Å². The number of nitro groups is 1. The molecule has 28 heavy (non-hydrogen) atoms. The summed E-state index contributed by atoms with van der Waals surface area (Å²) in [5.41, 5.74) is 2.43. The molecule has 142 valence electrons. The maximum Gasteiger partial charge on any atom is 0.269 e. The second-order valence-electron chi connectivity index (χ2n) is 6.27. The number of hydrazone groups is 1. The minimum atomic E-state index is -0.738. The quantitative estimate of drug-likeness (QED) is 0.208. The number of halogens is 1. The molecule has 0 N–H and O–H groups in total. The van der Waals surface area contributed by atoms with E-state index in [1.165, 1.54) is 17.1 Å². The predicted molar refractivity (Wildman–Crippen MR) is 103 cm³/mol. The molecule has 2 aromatic carbocycles. The van der Waals surface area contributed by atoms with Gasteiger partial charge in [-0.15, -0.1) is 16.7 Å². The van der Waals surface area contributed by atoms with Gasteiger partial charge in [-0.2, -0.15) is 5.10 Å². The molecule has 2 atom stereocenters. The SMILES string of the molecule is O=C1C(Cl)C(c2ccc([N+](=O)[O-])cc2)N1/N=C/CCn1nnc2ccccc21. The number of aromatic nitrogens is 3. The van der Waals surface area contributed by atoms with Gasteiger partial charge in [-0.25, -0.2) is 9.69 Å². The van der Waals surface area contributed by atoms with Crippen LogP contribution in [0.4, 0.5) is 5.69 Å². The molecular weight excluding hydrogens is 384 g/mol. The lowest BCUT2D eigenvalue weighted by atomic mass is 9.95. The summed E-state index contributed by atoms with van der Waals surface area (Å²) in [5.74, 6) is -0.299. The molecular formula is C18H15ClN6O3. The first-order valence-corrected chi connectivity index (χ1v) is 9.02. The number of alkyl halides is 1. The van der Waals surface area contributed by atoms with Gasteiger partial charge in [0, 0.05) is 31.3 Å². The van der Waals surface area contributed by atoms with Crippen molar-refractivity contribution in [3.05, 3.63) is 64.2 Å². The number of fused-ring (bicyclic) bond motifs is 1. The normalized spacial score (nSPS) is 19.3. The Morgan fingerprint density at radius 3 is 2.71 bits per heavy atom. The first-order chi connectivity index (χ1) is 13.6. The monoisotopic (exact) mass is 398 g/mol. The van der Waals surface area contributed by atoms with Crippen LogP contribution in [0, 0.1) is 10.1 Å². The number of hydrogen-bond donors (Lipinski definition) is 0. The van der Waals surface area contributed by atoms with Gasteiger partial charge in [0.1, 0.15) is 16.9 Å². The molecule has 0 radical (unpaired) electrons. The van der Waals surface area contributed by atoms with E-state index in [9.17, 15) is 14.9 Å². The molecule has 2 unspecified atom stereocenters. The van der Waals surface area contributed by atoms with Crippen LogP contribution in [0.15, 0.2) is 53.6 Å². The Morgan fingerprint density at radius 1 is 1.21 bits per heavy atom.